The number of hydrazone groups is 1. The molecule has 4 rings (SSSR count). The number of ether oxygens (including phenoxy) is 2. The molecular weight excluding hydrogens is 469 g/mol. The Labute approximate surface area is 198 Å². The number of amides is 3. The number of aromatic nitrogens is 2. The second kappa shape index (κ2) is 9.86. The molecule has 0 spiro atoms. The molecule has 0 saturated carbocycles. The zero-order valence-electron chi connectivity index (χ0n) is 19.0. The van der Waals surface area contributed by atoms with Crippen LogP contribution in [-0.2, 0) is 15.7 Å². The lowest BCUT2D eigenvalue weighted by molar-refractivity contribution is -0.145. The summed E-state index contributed by atoms with van der Waals surface area (Å²) in [6.07, 6.45) is -2.61. The van der Waals surface area contributed by atoms with Gasteiger partial charge >= 0.3 is 12.2 Å². The van der Waals surface area contributed by atoms with Gasteiger partial charge in [0.25, 0.3) is 0 Å². The molecule has 10 nitrogen and oxygen atoms in total. The molecule has 2 aromatic rings. The molecule has 1 aromatic heterocycles. The molecule has 1 N–H and O–H groups in total. The highest BCUT2D eigenvalue weighted by Crippen LogP contribution is 2.26. The average Bonchev–Trinajstić information content (AvgIpc) is 3.29. The molecule has 2 aliphatic rings. The van der Waals surface area contributed by atoms with E-state index in [1.165, 1.54) is 5.01 Å². The monoisotopic (exact) mass is 492 g/mol. The number of carbonyl (C=O) groups excluding carboxylic acids is 2. The van der Waals surface area contributed by atoms with E-state index in [4.69, 9.17) is 9.47 Å². The van der Waals surface area contributed by atoms with Crippen LogP contribution in [-0.4, -0.2) is 77.0 Å². The molecule has 1 aromatic carbocycles. The number of urea groups is 1. The smallest absolute Gasteiger partial charge is 0.451 e. The van der Waals surface area contributed by atoms with Crippen molar-refractivity contribution in [3.8, 4) is 5.75 Å². The second-order valence-electron chi connectivity index (χ2n) is 7.96. The summed E-state index contributed by atoms with van der Waals surface area (Å²) in [5.74, 6) is -0.820. The summed E-state index contributed by atoms with van der Waals surface area (Å²) in [7, 11) is 1.55. The van der Waals surface area contributed by atoms with Gasteiger partial charge in [0.05, 0.1) is 38.1 Å². The summed E-state index contributed by atoms with van der Waals surface area (Å²) in [5, 5.41) is 8.37. The first-order valence-electron chi connectivity index (χ1n) is 10.7. The van der Waals surface area contributed by atoms with Gasteiger partial charge in [-0.1, -0.05) is 0 Å². The number of carbonyl (C=O) groups is 2. The SMILES string of the molecule is COc1ccc(C2=NN(C(=O)N[C@H](C)c3cnc(C(F)(F)F)nc3)C[C@H]2N2CCOCC2=O)cc1. The highest BCUT2D eigenvalue weighted by Gasteiger charge is 2.39. The lowest BCUT2D eigenvalue weighted by Crippen LogP contribution is -2.52. The first-order valence-corrected chi connectivity index (χ1v) is 10.7. The highest BCUT2D eigenvalue weighted by molar-refractivity contribution is 6.08. The molecule has 35 heavy (non-hydrogen) atoms. The predicted molar refractivity (Wildman–Crippen MR) is 117 cm³/mol. The van der Waals surface area contributed by atoms with Crippen LogP contribution in [0, 0.1) is 0 Å². The average molecular weight is 492 g/mol. The van der Waals surface area contributed by atoms with Crippen molar-refractivity contribution in [3.63, 3.8) is 0 Å². The number of benzene rings is 1. The number of halogens is 3. The van der Waals surface area contributed by atoms with Crippen molar-refractivity contribution < 1.29 is 32.2 Å². The standard InChI is InChI=1S/C22H23F3N6O4/c1-13(15-9-26-20(27-10-15)22(23,24)25)28-21(33)31-11-17(30-7-8-35-12-18(30)32)19(29-31)14-3-5-16(34-2)6-4-14/h3-6,9-10,13,17H,7-8,11-12H2,1-2H3,(H,28,33)/t13-,17-/m1/s1. The lowest BCUT2D eigenvalue weighted by Gasteiger charge is -2.33. The van der Waals surface area contributed by atoms with Crippen LogP contribution in [0.15, 0.2) is 41.8 Å². The van der Waals surface area contributed by atoms with E-state index < -0.39 is 30.1 Å². The van der Waals surface area contributed by atoms with Crippen molar-refractivity contribution in [1.29, 1.82) is 0 Å². The number of hydrogen-bond acceptors (Lipinski definition) is 7. The van der Waals surface area contributed by atoms with Crippen LogP contribution in [0.5, 0.6) is 5.75 Å². The maximum absolute atomic E-state index is 13.0. The first-order chi connectivity index (χ1) is 16.7. The second-order valence-corrected chi connectivity index (χ2v) is 7.96. The zero-order valence-corrected chi connectivity index (χ0v) is 19.0. The number of alkyl halides is 3. The minimum Gasteiger partial charge on any atom is -0.497 e. The number of nitrogens with one attached hydrogen (secondary N) is 1. The number of rotatable bonds is 5. The van der Waals surface area contributed by atoms with E-state index in [2.05, 4.69) is 20.4 Å². The maximum atomic E-state index is 13.0. The fraction of sp³-hybridized carbons (Fsp3) is 0.409. The Bertz CT molecular complexity index is 1110. The topological polar surface area (TPSA) is 109 Å². The van der Waals surface area contributed by atoms with Crippen molar-refractivity contribution in [2.75, 3.05) is 33.4 Å². The van der Waals surface area contributed by atoms with E-state index in [1.807, 2.05) is 0 Å². The normalized spacial score (nSPS) is 19.4. The van der Waals surface area contributed by atoms with Crippen LogP contribution in [0.1, 0.15) is 29.9 Å². The van der Waals surface area contributed by atoms with Gasteiger partial charge in [-0.25, -0.2) is 19.8 Å². The molecule has 0 aliphatic carbocycles. The van der Waals surface area contributed by atoms with Gasteiger partial charge in [-0.2, -0.15) is 18.3 Å². The minimum absolute atomic E-state index is 0.0520. The molecule has 1 saturated heterocycles. The summed E-state index contributed by atoms with van der Waals surface area (Å²) >= 11 is 0. The highest BCUT2D eigenvalue weighted by atomic mass is 19.4. The van der Waals surface area contributed by atoms with E-state index >= 15 is 0 Å². The van der Waals surface area contributed by atoms with Crippen LogP contribution in [0.2, 0.25) is 0 Å². The van der Waals surface area contributed by atoms with Gasteiger partial charge in [0.1, 0.15) is 12.4 Å². The van der Waals surface area contributed by atoms with Crippen molar-refractivity contribution in [2.45, 2.75) is 25.2 Å². The van der Waals surface area contributed by atoms with E-state index in [0.717, 1.165) is 18.0 Å². The Morgan fingerprint density at radius 1 is 1.23 bits per heavy atom. The van der Waals surface area contributed by atoms with Gasteiger partial charge in [0, 0.05) is 30.1 Å². The molecule has 0 radical (unpaired) electrons. The Morgan fingerprint density at radius 2 is 1.91 bits per heavy atom. The van der Waals surface area contributed by atoms with E-state index in [1.54, 1.807) is 43.2 Å². The summed E-state index contributed by atoms with van der Waals surface area (Å²) in [4.78, 5) is 33.8. The van der Waals surface area contributed by atoms with Crippen molar-refractivity contribution in [1.82, 2.24) is 25.2 Å². The van der Waals surface area contributed by atoms with Crippen molar-refractivity contribution in [3.05, 3.63) is 53.6 Å². The number of hydrogen-bond donors (Lipinski definition) is 1. The third-order valence-corrected chi connectivity index (χ3v) is 5.67. The zero-order chi connectivity index (χ0) is 25.2. The summed E-state index contributed by atoms with van der Waals surface area (Å²) in [5.41, 5.74) is 1.54. The van der Waals surface area contributed by atoms with Crippen LogP contribution >= 0.6 is 0 Å². The summed E-state index contributed by atoms with van der Waals surface area (Å²) < 4.78 is 48.6. The molecular formula is C22H23F3N6O4. The van der Waals surface area contributed by atoms with Gasteiger partial charge in [0.2, 0.25) is 11.7 Å². The van der Waals surface area contributed by atoms with Gasteiger partial charge in [-0.05, 0) is 31.2 Å². The summed E-state index contributed by atoms with van der Waals surface area (Å²) in [6.45, 7) is 2.37. The van der Waals surface area contributed by atoms with E-state index in [9.17, 15) is 22.8 Å². The van der Waals surface area contributed by atoms with E-state index in [0.29, 0.717) is 30.2 Å². The molecule has 13 heteroatoms. The quantitative estimate of drug-likeness (QED) is 0.686. The van der Waals surface area contributed by atoms with Crippen molar-refractivity contribution in [2.24, 2.45) is 5.10 Å². The Balaban J connectivity index is 1.53. The molecule has 186 valence electrons. The molecule has 1 fully saturated rings. The first kappa shape index (κ1) is 24.4. The maximum Gasteiger partial charge on any atom is 0.451 e. The summed E-state index contributed by atoms with van der Waals surface area (Å²) in [6, 6.07) is 5.34. The van der Waals surface area contributed by atoms with Crippen molar-refractivity contribution >= 4 is 17.6 Å². The molecule has 3 amide bonds. The van der Waals surface area contributed by atoms with E-state index in [-0.39, 0.29) is 19.1 Å². The minimum atomic E-state index is -4.65. The van der Waals surface area contributed by atoms with Gasteiger partial charge in [-0.3, -0.25) is 4.79 Å². The Morgan fingerprint density at radius 3 is 2.51 bits per heavy atom. The molecule has 3 heterocycles. The third kappa shape index (κ3) is 5.34. The van der Waals surface area contributed by atoms with Gasteiger partial charge in [0.15, 0.2) is 0 Å². The number of methoxy groups -OCH3 is 1. The number of morpholine rings is 1. The van der Waals surface area contributed by atoms with Crippen LogP contribution in [0.3, 0.4) is 0 Å². The molecule has 2 atom stereocenters. The fourth-order valence-corrected chi connectivity index (χ4v) is 3.78. The van der Waals surface area contributed by atoms with Gasteiger partial charge < -0.3 is 19.7 Å². The molecule has 2 aliphatic heterocycles. The van der Waals surface area contributed by atoms with Crippen LogP contribution in [0.25, 0.3) is 0 Å². The molecule has 0 bridgehead atoms. The van der Waals surface area contributed by atoms with Crippen LogP contribution < -0.4 is 10.1 Å². The lowest BCUT2D eigenvalue weighted by atomic mass is 10.0. The number of nitrogens with zero attached hydrogens (tertiary/aromatic N) is 5. The molecule has 0 unspecified atom stereocenters. The Kier molecular flexibility index (Phi) is 6.87. The van der Waals surface area contributed by atoms with Crippen LogP contribution in [0.4, 0.5) is 18.0 Å². The third-order valence-electron chi connectivity index (χ3n) is 5.67. The largest absolute Gasteiger partial charge is 0.497 e. The fourth-order valence-electron chi connectivity index (χ4n) is 3.78. The van der Waals surface area contributed by atoms with Gasteiger partial charge in [-0.15, -0.1) is 0 Å². The predicted octanol–water partition coefficient (Wildman–Crippen LogP) is 2.22. The Hall–Kier alpha value is -3.74.